The molecule has 0 atom stereocenters. The number of carbonyl (C=O) groups excluding carboxylic acids is 1. The van der Waals surface area contributed by atoms with Gasteiger partial charge in [0.15, 0.2) is 0 Å². The van der Waals surface area contributed by atoms with Crippen molar-refractivity contribution in [2.75, 3.05) is 19.6 Å². The Labute approximate surface area is 138 Å². The molecule has 128 valence electrons. The van der Waals surface area contributed by atoms with Gasteiger partial charge in [-0.05, 0) is 25.6 Å². The third kappa shape index (κ3) is 4.59. The normalized spacial score (nSPS) is 10.8. The highest BCUT2D eigenvalue weighted by atomic mass is 16.6. The molecule has 0 saturated heterocycles. The van der Waals surface area contributed by atoms with E-state index in [9.17, 15) is 14.9 Å². The lowest BCUT2D eigenvalue weighted by atomic mass is 10.2. The van der Waals surface area contributed by atoms with Gasteiger partial charge in [0.05, 0.1) is 18.0 Å². The van der Waals surface area contributed by atoms with Crippen LogP contribution < -0.4 is 5.32 Å². The van der Waals surface area contributed by atoms with E-state index in [2.05, 4.69) is 15.5 Å². The first-order valence-electron chi connectivity index (χ1n) is 7.59. The Balaban J connectivity index is 2.03. The highest BCUT2D eigenvalue weighted by Gasteiger charge is 2.15. The molecule has 1 aromatic carbocycles. The third-order valence-corrected chi connectivity index (χ3v) is 3.34. The molecule has 2 aromatic rings. The number of rotatable bonds is 8. The van der Waals surface area contributed by atoms with Crippen LogP contribution in [0.1, 0.15) is 19.7 Å². The summed E-state index contributed by atoms with van der Waals surface area (Å²) in [7, 11) is 0. The number of likely N-dealkylation sites (N-methyl/N-ethyl adjacent to an activating group) is 2. The summed E-state index contributed by atoms with van der Waals surface area (Å²) < 4.78 is 5.58. The summed E-state index contributed by atoms with van der Waals surface area (Å²) in [6, 6.07) is 5.88. The number of nitro groups is 1. The van der Waals surface area contributed by atoms with E-state index in [1.54, 1.807) is 12.1 Å². The largest absolute Gasteiger partial charge is 0.419 e. The van der Waals surface area contributed by atoms with E-state index in [-0.39, 0.29) is 24.0 Å². The zero-order valence-electron chi connectivity index (χ0n) is 13.6. The fraction of sp³-hybridized carbons (Fsp3) is 0.400. The first-order valence-corrected chi connectivity index (χ1v) is 7.59. The van der Waals surface area contributed by atoms with Gasteiger partial charge in [0.25, 0.3) is 5.69 Å². The fourth-order valence-corrected chi connectivity index (χ4v) is 2.09. The summed E-state index contributed by atoms with van der Waals surface area (Å²) in [5, 5.41) is 21.3. The van der Waals surface area contributed by atoms with Crippen LogP contribution in [0.25, 0.3) is 11.5 Å². The molecule has 2 rings (SSSR count). The van der Waals surface area contributed by atoms with Crippen LogP contribution in [-0.2, 0) is 11.3 Å². The van der Waals surface area contributed by atoms with Gasteiger partial charge in [0, 0.05) is 24.2 Å². The molecule has 0 unspecified atom stereocenters. The van der Waals surface area contributed by atoms with Crippen LogP contribution in [-0.4, -0.2) is 45.6 Å². The number of benzene rings is 1. The number of non-ortho nitro benzene ring substituents is 1. The maximum Gasteiger partial charge on any atom is 0.269 e. The van der Waals surface area contributed by atoms with E-state index in [1.165, 1.54) is 12.1 Å². The predicted octanol–water partition coefficient (Wildman–Crippen LogP) is 1.60. The summed E-state index contributed by atoms with van der Waals surface area (Å²) in [6.07, 6.45) is 0. The van der Waals surface area contributed by atoms with Crippen molar-refractivity contribution in [3.63, 3.8) is 0 Å². The van der Waals surface area contributed by atoms with Gasteiger partial charge in [-0.25, -0.2) is 0 Å². The number of amides is 1. The molecule has 0 spiro atoms. The molecule has 0 bridgehead atoms. The van der Waals surface area contributed by atoms with Crippen molar-refractivity contribution in [1.82, 2.24) is 20.4 Å². The molecular formula is C15H19N5O4. The van der Waals surface area contributed by atoms with Crippen LogP contribution >= 0.6 is 0 Å². The number of nitro benzene ring substituents is 1. The van der Waals surface area contributed by atoms with Crippen LogP contribution in [0.5, 0.6) is 0 Å². The van der Waals surface area contributed by atoms with Crippen LogP contribution in [0.15, 0.2) is 28.7 Å². The summed E-state index contributed by atoms with van der Waals surface area (Å²) in [5.74, 6) is 0.609. The molecule has 1 amide bonds. The first-order chi connectivity index (χ1) is 11.5. The lowest BCUT2D eigenvalue weighted by Crippen LogP contribution is -2.36. The summed E-state index contributed by atoms with van der Waals surface area (Å²) in [6.45, 7) is 5.65. The maximum atomic E-state index is 11.6. The molecule has 9 heteroatoms. The van der Waals surface area contributed by atoms with Crippen molar-refractivity contribution in [1.29, 1.82) is 0 Å². The van der Waals surface area contributed by atoms with E-state index < -0.39 is 4.92 Å². The zero-order chi connectivity index (χ0) is 17.5. The van der Waals surface area contributed by atoms with Crippen molar-refractivity contribution >= 4 is 11.6 Å². The monoisotopic (exact) mass is 333 g/mol. The molecule has 0 aliphatic rings. The van der Waals surface area contributed by atoms with E-state index in [1.807, 2.05) is 18.7 Å². The van der Waals surface area contributed by atoms with Crippen molar-refractivity contribution in [3.8, 4) is 11.5 Å². The molecule has 24 heavy (non-hydrogen) atoms. The second-order valence-electron chi connectivity index (χ2n) is 5.06. The minimum atomic E-state index is -0.469. The number of carbonyl (C=O) groups is 1. The molecule has 0 fully saturated rings. The van der Waals surface area contributed by atoms with Gasteiger partial charge in [0.2, 0.25) is 17.7 Å². The first kappa shape index (κ1) is 17.5. The van der Waals surface area contributed by atoms with Crippen molar-refractivity contribution in [2.45, 2.75) is 20.4 Å². The Bertz CT molecular complexity index is 698. The van der Waals surface area contributed by atoms with Gasteiger partial charge in [-0.15, -0.1) is 10.2 Å². The molecule has 1 heterocycles. The van der Waals surface area contributed by atoms with Gasteiger partial charge >= 0.3 is 0 Å². The Morgan fingerprint density at radius 2 is 2.00 bits per heavy atom. The number of nitrogens with one attached hydrogen (secondary N) is 1. The predicted molar refractivity (Wildman–Crippen MR) is 86.0 cm³/mol. The standard InChI is InChI=1S/C15H19N5O4/c1-3-16-13(21)9-19(4-2)10-14-17-18-15(24-14)11-5-7-12(8-6-11)20(22)23/h5-8H,3-4,9-10H2,1-2H3,(H,16,21). The lowest BCUT2D eigenvalue weighted by molar-refractivity contribution is -0.384. The Kier molecular flexibility index (Phi) is 5.96. The van der Waals surface area contributed by atoms with Gasteiger partial charge in [-0.1, -0.05) is 6.92 Å². The molecule has 0 aliphatic carbocycles. The molecule has 0 saturated carbocycles. The van der Waals surface area contributed by atoms with Crippen molar-refractivity contribution in [3.05, 3.63) is 40.3 Å². The smallest absolute Gasteiger partial charge is 0.269 e. The van der Waals surface area contributed by atoms with Crippen molar-refractivity contribution < 1.29 is 14.1 Å². The minimum Gasteiger partial charge on any atom is -0.419 e. The molecule has 0 radical (unpaired) electrons. The average molecular weight is 333 g/mol. The summed E-state index contributed by atoms with van der Waals surface area (Å²) >= 11 is 0. The SMILES string of the molecule is CCNC(=O)CN(CC)Cc1nnc(-c2ccc([N+](=O)[O-])cc2)o1. The second kappa shape index (κ2) is 8.16. The average Bonchev–Trinajstić information content (AvgIpc) is 3.03. The molecule has 1 N–H and O–H groups in total. The number of hydrogen-bond acceptors (Lipinski definition) is 7. The lowest BCUT2D eigenvalue weighted by Gasteiger charge is -2.17. The number of aromatic nitrogens is 2. The third-order valence-electron chi connectivity index (χ3n) is 3.34. The van der Waals surface area contributed by atoms with E-state index in [4.69, 9.17) is 4.42 Å². The fourth-order valence-electron chi connectivity index (χ4n) is 2.09. The number of nitrogens with zero attached hydrogens (tertiary/aromatic N) is 4. The maximum absolute atomic E-state index is 11.6. The van der Waals surface area contributed by atoms with E-state index in [0.717, 1.165) is 0 Å². The van der Waals surface area contributed by atoms with Crippen LogP contribution in [0.3, 0.4) is 0 Å². The van der Waals surface area contributed by atoms with E-state index in [0.29, 0.717) is 31.1 Å². The second-order valence-corrected chi connectivity index (χ2v) is 5.06. The highest BCUT2D eigenvalue weighted by Crippen LogP contribution is 2.21. The Morgan fingerprint density at radius 1 is 1.29 bits per heavy atom. The molecular weight excluding hydrogens is 314 g/mol. The van der Waals surface area contributed by atoms with Gasteiger partial charge in [-0.3, -0.25) is 19.8 Å². The van der Waals surface area contributed by atoms with Crippen LogP contribution in [0.2, 0.25) is 0 Å². The number of hydrogen-bond donors (Lipinski definition) is 1. The van der Waals surface area contributed by atoms with Gasteiger partial charge < -0.3 is 9.73 Å². The zero-order valence-corrected chi connectivity index (χ0v) is 13.6. The molecule has 0 aliphatic heterocycles. The van der Waals surface area contributed by atoms with E-state index >= 15 is 0 Å². The quantitative estimate of drug-likeness (QED) is 0.576. The minimum absolute atomic E-state index is 0.00224. The Morgan fingerprint density at radius 3 is 2.58 bits per heavy atom. The molecule has 9 nitrogen and oxygen atoms in total. The molecule has 1 aromatic heterocycles. The van der Waals surface area contributed by atoms with Crippen LogP contribution in [0.4, 0.5) is 5.69 Å². The van der Waals surface area contributed by atoms with Gasteiger partial charge in [-0.2, -0.15) is 0 Å². The summed E-state index contributed by atoms with van der Waals surface area (Å²) in [4.78, 5) is 23.7. The van der Waals surface area contributed by atoms with Crippen molar-refractivity contribution in [2.24, 2.45) is 0 Å². The highest BCUT2D eigenvalue weighted by molar-refractivity contribution is 5.77. The Hall–Kier alpha value is -2.81. The van der Waals surface area contributed by atoms with Gasteiger partial charge in [0.1, 0.15) is 0 Å². The van der Waals surface area contributed by atoms with Crippen LogP contribution in [0, 0.1) is 10.1 Å². The summed E-state index contributed by atoms with van der Waals surface area (Å²) in [5.41, 5.74) is 0.601. The topological polar surface area (TPSA) is 114 Å².